The van der Waals surface area contributed by atoms with Gasteiger partial charge in [-0.3, -0.25) is 9.88 Å². The van der Waals surface area contributed by atoms with Crippen molar-refractivity contribution in [2.24, 2.45) is 0 Å². The highest BCUT2D eigenvalue weighted by Gasteiger charge is 2.13. The summed E-state index contributed by atoms with van der Waals surface area (Å²) in [5.41, 5.74) is 1.26. The zero-order valence-corrected chi connectivity index (χ0v) is 18.6. The molecule has 0 aliphatic carbocycles. The molecule has 2 amide bonds. The van der Waals surface area contributed by atoms with E-state index in [-0.39, 0.29) is 6.03 Å². The highest BCUT2D eigenvalue weighted by Crippen LogP contribution is 2.30. The Kier molecular flexibility index (Phi) is 7.60. The van der Waals surface area contributed by atoms with Crippen LogP contribution in [0.2, 0.25) is 0 Å². The molecule has 2 heterocycles. The zero-order valence-electron chi connectivity index (χ0n) is 18.6. The van der Waals surface area contributed by atoms with Crippen molar-refractivity contribution in [1.29, 1.82) is 0 Å². The van der Waals surface area contributed by atoms with E-state index in [1.165, 1.54) is 12.8 Å². The first kappa shape index (κ1) is 22.4. The fourth-order valence-electron chi connectivity index (χ4n) is 3.60. The molecule has 172 valence electrons. The second-order valence-electron chi connectivity index (χ2n) is 7.65. The van der Waals surface area contributed by atoms with Crippen molar-refractivity contribution in [2.75, 3.05) is 44.0 Å². The number of hydrogen-bond donors (Lipinski definition) is 2. The summed E-state index contributed by atoms with van der Waals surface area (Å²) in [6.07, 6.45) is 5.83. The van der Waals surface area contributed by atoms with Crippen molar-refractivity contribution < 1.29 is 19.0 Å². The predicted octanol–water partition coefficient (Wildman–Crippen LogP) is 5.00. The lowest BCUT2D eigenvalue weighted by Crippen LogP contribution is -2.25. The number of carbonyl (C=O) groups excluding carboxylic acids is 1. The molecule has 0 spiro atoms. The maximum Gasteiger partial charge on any atom is 0.323 e. The number of amides is 2. The molecule has 1 aliphatic rings. The molecule has 4 rings (SSSR count). The van der Waals surface area contributed by atoms with Gasteiger partial charge in [-0.15, -0.1) is 0 Å². The number of nitrogens with zero attached hydrogens (tertiary/aromatic N) is 2. The summed E-state index contributed by atoms with van der Waals surface area (Å²) in [4.78, 5) is 18.8. The van der Waals surface area contributed by atoms with Gasteiger partial charge < -0.3 is 24.8 Å². The monoisotopic (exact) mass is 448 g/mol. The lowest BCUT2D eigenvalue weighted by atomic mass is 10.2. The molecule has 33 heavy (non-hydrogen) atoms. The molecule has 1 saturated heterocycles. The van der Waals surface area contributed by atoms with Gasteiger partial charge in [-0.05, 0) is 74.5 Å². The molecule has 3 aromatic rings. The fraction of sp³-hybridized carbons (Fsp3) is 0.280. The van der Waals surface area contributed by atoms with Crippen LogP contribution in [0.1, 0.15) is 12.8 Å². The summed E-state index contributed by atoms with van der Waals surface area (Å²) in [6, 6.07) is 15.7. The van der Waals surface area contributed by atoms with E-state index >= 15 is 0 Å². The largest absolute Gasteiger partial charge is 0.493 e. The molecule has 0 bridgehead atoms. The summed E-state index contributed by atoms with van der Waals surface area (Å²) >= 11 is 0. The van der Waals surface area contributed by atoms with Gasteiger partial charge >= 0.3 is 6.03 Å². The van der Waals surface area contributed by atoms with Crippen LogP contribution < -0.4 is 24.8 Å². The number of hydrogen-bond acceptors (Lipinski definition) is 6. The Balaban J connectivity index is 1.30. The van der Waals surface area contributed by atoms with Crippen LogP contribution in [-0.4, -0.2) is 49.3 Å². The number of carbonyl (C=O) groups is 1. The number of aromatic nitrogens is 1. The third-order valence-electron chi connectivity index (χ3n) is 5.28. The first-order valence-electron chi connectivity index (χ1n) is 11.0. The number of benzene rings is 2. The lowest BCUT2D eigenvalue weighted by Gasteiger charge is -2.17. The average Bonchev–Trinajstić information content (AvgIpc) is 3.35. The van der Waals surface area contributed by atoms with Gasteiger partial charge in [0.15, 0.2) is 11.5 Å². The van der Waals surface area contributed by atoms with Crippen LogP contribution in [-0.2, 0) is 0 Å². The van der Waals surface area contributed by atoms with E-state index in [0.717, 1.165) is 19.6 Å². The van der Waals surface area contributed by atoms with Crippen LogP contribution in [0.5, 0.6) is 23.0 Å². The second-order valence-corrected chi connectivity index (χ2v) is 7.65. The lowest BCUT2D eigenvalue weighted by molar-refractivity contribution is 0.230. The number of likely N-dealkylation sites (tertiary alicyclic amines) is 1. The van der Waals surface area contributed by atoms with Crippen molar-refractivity contribution >= 4 is 17.4 Å². The zero-order chi connectivity index (χ0) is 22.9. The van der Waals surface area contributed by atoms with Gasteiger partial charge in [-0.2, -0.15) is 0 Å². The number of rotatable bonds is 9. The van der Waals surface area contributed by atoms with Crippen LogP contribution in [0, 0.1) is 0 Å². The number of urea groups is 1. The molecule has 0 saturated carbocycles. The van der Waals surface area contributed by atoms with Crippen molar-refractivity contribution in [3.8, 4) is 23.0 Å². The number of ether oxygens (including phenoxy) is 3. The van der Waals surface area contributed by atoms with E-state index in [0.29, 0.717) is 41.0 Å². The number of nitrogens with one attached hydrogen (secondary N) is 2. The SMILES string of the molecule is COc1ccc(NC(=O)Nc2ccc(Oc3ccncc3)cc2)cc1OCCN1CCCC1. The van der Waals surface area contributed by atoms with Crippen LogP contribution in [0.25, 0.3) is 0 Å². The molecule has 0 unspecified atom stereocenters. The maximum absolute atomic E-state index is 12.5. The molecule has 2 aromatic carbocycles. The Morgan fingerprint density at radius 2 is 1.58 bits per heavy atom. The fourth-order valence-corrected chi connectivity index (χ4v) is 3.60. The molecule has 2 N–H and O–H groups in total. The van der Waals surface area contributed by atoms with E-state index in [4.69, 9.17) is 14.2 Å². The molecule has 0 radical (unpaired) electrons. The number of methoxy groups -OCH3 is 1. The van der Waals surface area contributed by atoms with Gasteiger partial charge in [-0.1, -0.05) is 0 Å². The van der Waals surface area contributed by atoms with Gasteiger partial charge in [0.25, 0.3) is 0 Å². The van der Waals surface area contributed by atoms with E-state index in [1.807, 2.05) is 0 Å². The summed E-state index contributed by atoms with van der Waals surface area (Å²) in [5, 5.41) is 5.65. The van der Waals surface area contributed by atoms with E-state index in [2.05, 4.69) is 20.5 Å². The smallest absolute Gasteiger partial charge is 0.323 e. The van der Waals surface area contributed by atoms with Crippen LogP contribution in [0.4, 0.5) is 16.2 Å². The molecule has 8 nitrogen and oxygen atoms in total. The standard InChI is InChI=1S/C25H28N4O4/c1-31-23-9-6-20(18-24(23)32-17-16-29-14-2-3-15-29)28-25(30)27-19-4-7-21(8-5-19)33-22-10-12-26-13-11-22/h4-13,18H,2-3,14-17H2,1H3,(H2,27,28,30). The molecule has 1 fully saturated rings. The second kappa shape index (κ2) is 11.2. The highest BCUT2D eigenvalue weighted by molar-refractivity contribution is 5.99. The van der Waals surface area contributed by atoms with Gasteiger partial charge in [0.1, 0.15) is 18.1 Å². The summed E-state index contributed by atoms with van der Waals surface area (Å²) < 4.78 is 17.1. The van der Waals surface area contributed by atoms with Gasteiger partial charge in [0.05, 0.1) is 7.11 Å². The molecule has 8 heteroatoms. The molecule has 1 aliphatic heterocycles. The topological polar surface area (TPSA) is 85.0 Å². The molecule has 0 atom stereocenters. The summed E-state index contributed by atoms with van der Waals surface area (Å²) in [7, 11) is 1.60. The quantitative estimate of drug-likeness (QED) is 0.479. The van der Waals surface area contributed by atoms with Crippen LogP contribution in [0.3, 0.4) is 0 Å². The minimum Gasteiger partial charge on any atom is -0.493 e. The van der Waals surface area contributed by atoms with Crippen LogP contribution in [0.15, 0.2) is 67.0 Å². The molecular weight excluding hydrogens is 420 g/mol. The van der Waals surface area contributed by atoms with Gasteiger partial charge in [0.2, 0.25) is 0 Å². The number of anilines is 2. The predicted molar refractivity (Wildman–Crippen MR) is 128 cm³/mol. The Labute approximate surface area is 193 Å². The van der Waals surface area contributed by atoms with Crippen molar-refractivity contribution in [3.63, 3.8) is 0 Å². The van der Waals surface area contributed by atoms with Crippen LogP contribution >= 0.6 is 0 Å². The van der Waals surface area contributed by atoms with Gasteiger partial charge in [-0.25, -0.2) is 4.79 Å². The van der Waals surface area contributed by atoms with E-state index in [1.54, 1.807) is 74.1 Å². The minimum absolute atomic E-state index is 0.356. The third-order valence-corrected chi connectivity index (χ3v) is 5.28. The Bertz CT molecular complexity index is 1040. The normalized spacial score (nSPS) is 13.4. The average molecular weight is 449 g/mol. The molecule has 1 aromatic heterocycles. The highest BCUT2D eigenvalue weighted by atomic mass is 16.5. The minimum atomic E-state index is -0.356. The van der Waals surface area contributed by atoms with Gasteiger partial charge in [0, 0.05) is 36.4 Å². The first-order valence-corrected chi connectivity index (χ1v) is 11.0. The Morgan fingerprint density at radius 1 is 0.909 bits per heavy atom. The van der Waals surface area contributed by atoms with E-state index < -0.39 is 0 Å². The first-order chi connectivity index (χ1) is 16.2. The third kappa shape index (κ3) is 6.60. The summed E-state index contributed by atoms with van der Waals surface area (Å²) in [5.74, 6) is 2.60. The van der Waals surface area contributed by atoms with E-state index in [9.17, 15) is 4.79 Å². The van der Waals surface area contributed by atoms with Crippen molar-refractivity contribution in [3.05, 3.63) is 67.0 Å². The van der Waals surface area contributed by atoms with Crippen molar-refractivity contribution in [2.45, 2.75) is 12.8 Å². The summed E-state index contributed by atoms with van der Waals surface area (Å²) in [6.45, 7) is 3.69. The maximum atomic E-state index is 12.5. The Hall–Kier alpha value is -3.78. The molecular formula is C25H28N4O4. The van der Waals surface area contributed by atoms with Crippen molar-refractivity contribution in [1.82, 2.24) is 9.88 Å². The number of pyridine rings is 1. The Morgan fingerprint density at radius 3 is 2.30 bits per heavy atom.